The lowest BCUT2D eigenvalue weighted by atomic mass is 10.0. The molecule has 5 rings (SSSR count). The van der Waals surface area contributed by atoms with Gasteiger partial charge in [-0.05, 0) is 72.3 Å². The van der Waals surface area contributed by atoms with E-state index in [2.05, 4.69) is 45.3 Å². The number of H-pyrrole nitrogens is 1. The van der Waals surface area contributed by atoms with E-state index in [-0.39, 0.29) is 17.7 Å². The normalized spacial score (nSPS) is 16.9. The minimum atomic E-state index is -0.0678. The second-order valence-corrected chi connectivity index (χ2v) is 9.36. The number of ether oxygens (including phenoxy) is 1. The Morgan fingerprint density at radius 1 is 1.29 bits per heavy atom. The summed E-state index contributed by atoms with van der Waals surface area (Å²) >= 11 is 0. The van der Waals surface area contributed by atoms with Crippen molar-refractivity contribution in [3.8, 4) is 0 Å². The van der Waals surface area contributed by atoms with Gasteiger partial charge in [0.1, 0.15) is 12.3 Å². The topological polar surface area (TPSA) is 102 Å². The molecule has 9 nitrogen and oxygen atoms in total. The van der Waals surface area contributed by atoms with Crippen LogP contribution in [0.25, 0.3) is 10.9 Å². The Labute approximate surface area is 204 Å². The lowest BCUT2D eigenvalue weighted by molar-refractivity contribution is 0.0476. The highest BCUT2D eigenvalue weighted by molar-refractivity contribution is 5.79. The molecule has 35 heavy (non-hydrogen) atoms. The van der Waals surface area contributed by atoms with Gasteiger partial charge in [-0.1, -0.05) is 25.0 Å². The molecule has 1 aromatic carbocycles. The number of furan rings is 1. The third-order valence-electron chi connectivity index (χ3n) is 6.66. The van der Waals surface area contributed by atoms with Crippen molar-refractivity contribution in [1.82, 2.24) is 30.1 Å². The minimum absolute atomic E-state index is 0.0656. The van der Waals surface area contributed by atoms with Crippen LogP contribution in [0, 0.1) is 6.92 Å². The molecule has 1 saturated heterocycles. The fraction of sp³-hybridized carbons (Fsp3) is 0.462. The highest BCUT2D eigenvalue weighted by Gasteiger charge is 2.30. The van der Waals surface area contributed by atoms with Crippen molar-refractivity contribution in [1.29, 1.82) is 0 Å². The largest absolute Gasteiger partial charge is 0.467 e. The number of pyridine rings is 1. The summed E-state index contributed by atoms with van der Waals surface area (Å²) < 4.78 is 13.3. The average molecular weight is 477 g/mol. The first-order chi connectivity index (χ1) is 17.1. The van der Waals surface area contributed by atoms with Gasteiger partial charge >= 0.3 is 0 Å². The van der Waals surface area contributed by atoms with E-state index in [1.54, 1.807) is 10.9 Å². The van der Waals surface area contributed by atoms with Gasteiger partial charge in [0.15, 0.2) is 5.82 Å². The Hall–Kier alpha value is -3.30. The summed E-state index contributed by atoms with van der Waals surface area (Å²) in [5.41, 5.74) is 2.67. The van der Waals surface area contributed by atoms with Crippen molar-refractivity contribution in [2.45, 2.75) is 64.8 Å². The summed E-state index contributed by atoms with van der Waals surface area (Å²) in [7, 11) is 0. The van der Waals surface area contributed by atoms with E-state index >= 15 is 0 Å². The Morgan fingerprint density at radius 3 is 2.97 bits per heavy atom. The molecule has 2 atom stereocenters. The van der Waals surface area contributed by atoms with Crippen molar-refractivity contribution in [3.05, 3.63) is 75.7 Å². The molecule has 184 valence electrons. The van der Waals surface area contributed by atoms with E-state index < -0.39 is 0 Å². The molecule has 3 aromatic heterocycles. The molecular formula is C26H32N6O3. The Kier molecular flexibility index (Phi) is 7.06. The van der Waals surface area contributed by atoms with E-state index in [0.717, 1.165) is 65.9 Å². The molecule has 0 saturated carbocycles. The summed E-state index contributed by atoms with van der Waals surface area (Å²) in [6, 6.07) is 11.8. The molecule has 4 heterocycles. The number of hydrogen-bond donors (Lipinski definition) is 1. The molecule has 0 bridgehead atoms. The molecule has 9 heteroatoms. The summed E-state index contributed by atoms with van der Waals surface area (Å²) in [6.45, 7) is 6.65. The number of nitrogens with zero attached hydrogens (tertiary/aromatic N) is 5. The van der Waals surface area contributed by atoms with Gasteiger partial charge in [-0.2, -0.15) is 0 Å². The van der Waals surface area contributed by atoms with Crippen LogP contribution in [0.3, 0.4) is 0 Å². The monoisotopic (exact) mass is 476 g/mol. The van der Waals surface area contributed by atoms with Gasteiger partial charge in [0.05, 0.1) is 18.4 Å². The summed E-state index contributed by atoms with van der Waals surface area (Å²) in [5, 5.41) is 13.7. The fourth-order valence-corrected chi connectivity index (χ4v) is 4.92. The summed E-state index contributed by atoms with van der Waals surface area (Å²) in [5.74, 6) is 1.56. The molecular weight excluding hydrogens is 444 g/mol. The van der Waals surface area contributed by atoms with Crippen molar-refractivity contribution >= 4 is 10.9 Å². The van der Waals surface area contributed by atoms with Crippen molar-refractivity contribution in [2.24, 2.45) is 0 Å². The van der Waals surface area contributed by atoms with E-state index in [1.165, 1.54) is 0 Å². The second-order valence-electron chi connectivity index (χ2n) is 9.36. The number of aryl methyl sites for hydroxylation is 1. The van der Waals surface area contributed by atoms with Crippen LogP contribution in [0.4, 0.5) is 0 Å². The van der Waals surface area contributed by atoms with Crippen LogP contribution < -0.4 is 5.56 Å². The number of nitrogens with one attached hydrogen (secondary N) is 1. The molecule has 1 aliphatic heterocycles. The Bertz CT molecular complexity index is 1310. The molecule has 1 aliphatic rings. The van der Waals surface area contributed by atoms with Crippen LogP contribution in [0.2, 0.25) is 0 Å². The zero-order valence-electron chi connectivity index (χ0n) is 20.3. The zero-order chi connectivity index (χ0) is 24.2. The van der Waals surface area contributed by atoms with Gasteiger partial charge < -0.3 is 14.1 Å². The second kappa shape index (κ2) is 10.5. The molecule has 1 N–H and O–H groups in total. The van der Waals surface area contributed by atoms with Crippen molar-refractivity contribution in [3.63, 3.8) is 0 Å². The number of rotatable bonds is 10. The van der Waals surface area contributed by atoms with Gasteiger partial charge in [-0.3, -0.25) is 9.69 Å². The highest BCUT2D eigenvalue weighted by Crippen LogP contribution is 2.28. The van der Waals surface area contributed by atoms with E-state index in [4.69, 9.17) is 9.15 Å². The van der Waals surface area contributed by atoms with Crippen LogP contribution in [-0.2, 0) is 17.8 Å². The number of fused-ring (bicyclic) bond motifs is 1. The SMILES string of the molecule is CCCC(c1nnnn1Cc1ccco1)N(Cc1cc2cc(C)ccc2[nH]c1=O)CC1CCCO1. The first kappa shape index (κ1) is 23.4. The standard InChI is InChI=1S/C26H32N6O3/c1-3-6-24(25-28-29-30-32(25)17-22-8-5-12-35-22)31(16-21-7-4-11-34-21)15-20-14-19-13-18(2)9-10-23(19)27-26(20)33/h5,8-10,12-14,21,24H,3-4,6-7,11,15-17H2,1-2H3,(H,27,33). The molecule has 4 aromatic rings. The van der Waals surface area contributed by atoms with Crippen LogP contribution >= 0.6 is 0 Å². The molecule has 0 radical (unpaired) electrons. The van der Waals surface area contributed by atoms with E-state index in [9.17, 15) is 4.79 Å². The predicted molar refractivity (Wildman–Crippen MR) is 132 cm³/mol. The minimum Gasteiger partial charge on any atom is -0.467 e. The van der Waals surface area contributed by atoms with Crippen molar-refractivity contribution in [2.75, 3.05) is 13.2 Å². The van der Waals surface area contributed by atoms with Gasteiger partial charge in [0.25, 0.3) is 5.56 Å². The highest BCUT2D eigenvalue weighted by atomic mass is 16.5. The Morgan fingerprint density at radius 2 is 2.20 bits per heavy atom. The lowest BCUT2D eigenvalue weighted by Crippen LogP contribution is -2.38. The Balaban J connectivity index is 1.50. The van der Waals surface area contributed by atoms with Gasteiger partial charge in [0.2, 0.25) is 0 Å². The molecule has 1 fully saturated rings. The van der Waals surface area contributed by atoms with Crippen LogP contribution in [0.1, 0.15) is 61.4 Å². The maximum absolute atomic E-state index is 13.1. The third-order valence-corrected chi connectivity index (χ3v) is 6.66. The number of tetrazole rings is 1. The molecule has 2 unspecified atom stereocenters. The predicted octanol–water partition coefficient (Wildman–Crippen LogP) is 3.99. The van der Waals surface area contributed by atoms with E-state index in [0.29, 0.717) is 19.6 Å². The van der Waals surface area contributed by atoms with Crippen LogP contribution in [0.5, 0.6) is 0 Å². The smallest absolute Gasteiger partial charge is 0.252 e. The maximum Gasteiger partial charge on any atom is 0.252 e. The van der Waals surface area contributed by atoms with Crippen LogP contribution in [0.15, 0.2) is 51.9 Å². The maximum atomic E-state index is 13.1. The average Bonchev–Trinajstić information content (AvgIpc) is 3.62. The molecule has 0 amide bonds. The van der Waals surface area contributed by atoms with Gasteiger partial charge in [-0.25, -0.2) is 4.68 Å². The first-order valence-electron chi connectivity index (χ1n) is 12.4. The molecule has 0 spiro atoms. The quantitative estimate of drug-likeness (QED) is 0.369. The van der Waals surface area contributed by atoms with Crippen LogP contribution in [-0.4, -0.2) is 49.3 Å². The van der Waals surface area contributed by atoms with Gasteiger partial charge in [0, 0.05) is 30.8 Å². The number of aromatic nitrogens is 5. The molecule has 0 aliphatic carbocycles. The zero-order valence-corrected chi connectivity index (χ0v) is 20.3. The number of benzene rings is 1. The summed E-state index contributed by atoms with van der Waals surface area (Å²) in [4.78, 5) is 18.4. The number of aromatic amines is 1. The third kappa shape index (κ3) is 5.36. The van der Waals surface area contributed by atoms with Gasteiger partial charge in [-0.15, -0.1) is 5.10 Å². The fourth-order valence-electron chi connectivity index (χ4n) is 4.92. The van der Waals surface area contributed by atoms with Crippen molar-refractivity contribution < 1.29 is 9.15 Å². The number of hydrogen-bond acceptors (Lipinski definition) is 7. The summed E-state index contributed by atoms with van der Waals surface area (Å²) in [6.07, 6.45) is 5.66. The first-order valence-corrected chi connectivity index (χ1v) is 12.4. The lowest BCUT2D eigenvalue weighted by Gasteiger charge is -2.32. The van der Waals surface area contributed by atoms with E-state index in [1.807, 2.05) is 30.3 Å².